The van der Waals surface area contributed by atoms with Gasteiger partial charge in [-0.05, 0) is 74.3 Å². The first-order valence-electron chi connectivity index (χ1n) is 13.4. The zero-order valence-electron chi connectivity index (χ0n) is 24.6. The summed E-state index contributed by atoms with van der Waals surface area (Å²) in [6.07, 6.45) is 4.64. The van der Waals surface area contributed by atoms with Crippen molar-refractivity contribution in [1.29, 1.82) is 0 Å². The zero-order valence-corrected chi connectivity index (χ0v) is 24.6. The Labute approximate surface area is 237 Å². The predicted octanol–water partition coefficient (Wildman–Crippen LogP) is 4.18. The number of hydrogen-bond donors (Lipinski definition) is 2. The molecule has 0 aliphatic carbocycles. The van der Waals surface area contributed by atoms with Crippen molar-refractivity contribution in [2.45, 2.75) is 53.0 Å². The van der Waals surface area contributed by atoms with Crippen LogP contribution >= 0.6 is 0 Å². The first-order chi connectivity index (χ1) is 19.0. The molecular formula is C31H43FN4O4. The quantitative estimate of drug-likeness (QED) is 0.198. The number of ether oxygens (including phenoxy) is 2. The van der Waals surface area contributed by atoms with Crippen molar-refractivity contribution in [1.82, 2.24) is 4.90 Å². The molecule has 1 heterocycles. The monoisotopic (exact) mass is 554 g/mol. The van der Waals surface area contributed by atoms with Gasteiger partial charge >= 0.3 is 0 Å². The van der Waals surface area contributed by atoms with Crippen LogP contribution in [0.5, 0.6) is 5.75 Å². The fraction of sp³-hybridized carbons (Fsp3) is 0.452. The second kappa shape index (κ2) is 15.9. The number of amides is 1. The molecule has 0 spiro atoms. The van der Waals surface area contributed by atoms with Crippen LogP contribution in [0.15, 0.2) is 41.4 Å². The van der Waals surface area contributed by atoms with E-state index in [1.54, 1.807) is 44.4 Å². The molecule has 1 atom stereocenters. The summed E-state index contributed by atoms with van der Waals surface area (Å²) in [6.45, 7) is 14.6. The molecule has 1 amide bonds. The molecule has 2 aromatic rings. The largest absolute Gasteiger partial charge is 0.491 e. The van der Waals surface area contributed by atoms with E-state index >= 15 is 0 Å². The van der Waals surface area contributed by atoms with Crippen LogP contribution in [0.25, 0.3) is 12.4 Å². The summed E-state index contributed by atoms with van der Waals surface area (Å²) < 4.78 is 25.2. The average Bonchev–Trinajstić information content (AvgIpc) is 3.32. The molecule has 2 aromatic carbocycles. The predicted molar refractivity (Wildman–Crippen MR) is 161 cm³/mol. The third-order valence-corrected chi connectivity index (χ3v) is 6.42. The molecule has 1 unspecified atom stereocenters. The third-order valence-electron chi connectivity index (χ3n) is 6.42. The van der Waals surface area contributed by atoms with E-state index in [0.717, 1.165) is 6.04 Å². The Morgan fingerprint density at radius 1 is 1.18 bits per heavy atom. The maximum atomic E-state index is 14.8. The van der Waals surface area contributed by atoms with E-state index < -0.39 is 11.7 Å². The minimum absolute atomic E-state index is 0.208. The number of nitrogens with one attached hydrogen (secondary N) is 2. The molecule has 1 fully saturated rings. The molecule has 0 saturated carbocycles. The molecule has 0 bridgehead atoms. The number of carbonyl (C=O) groups is 2. The highest BCUT2D eigenvalue weighted by molar-refractivity contribution is 5.98. The van der Waals surface area contributed by atoms with Crippen LogP contribution in [-0.2, 0) is 14.3 Å². The van der Waals surface area contributed by atoms with Gasteiger partial charge in [0.15, 0.2) is 0 Å². The van der Waals surface area contributed by atoms with Crippen LogP contribution in [-0.4, -0.2) is 63.3 Å². The number of benzene rings is 2. The van der Waals surface area contributed by atoms with Gasteiger partial charge in [0.2, 0.25) is 5.91 Å². The standard InChI is InChI=1S/C22H24FN3O4.C9H19N/c1-4-24-22(21-15(2)13-18(14-19(21)23)30-12-11-29-3)26-17-7-5-16(6-8-17)25-20(28)9-10-27;1-9(2,3)8-6-5-7-10(8)4/h4-8,10,13-14,26H,2,9,11-12H2,1,3H3,(H,25,28);8H,5-7H2,1-4H3/b22-21-,24-4-;. The van der Waals surface area contributed by atoms with Crippen molar-refractivity contribution in [2.24, 2.45) is 10.4 Å². The van der Waals surface area contributed by atoms with Gasteiger partial charge in [0, 0.05) is 36.8 Å². The van der Waals surface area contributed by atoms with E-state index in [9.17, 15) is 14.0 Å². The van der Waals surface area contributed by atoms with Gasteiger partial charge in [0.05, 0.1) is 18.2 Å². The molecule has 1 aliphatic rings. The zero-order chi connectivity index (χ0) is 29.7. The van der Waals surface area contributed by atoms with Crippen LogP contribution in [0.4, 0.5) is 15.8 Å². The number of likely N-dealkylation sites (tertiary alicyclic amines) is 1. The van der Waals surface area contributed by atoms with E-state index in [4.69, 9.17) is 9.47 Å². The number of aldehydes is 1. The van der Waals surface area contributed by atoms with Gasteiger partial charge in [-0.3, -0.25) is 4.79 Å². The first-order valence-corrected chi connectivity index (χ1v) is 13.4. The molecule has 1 aliphatic heterocycles. The normalized spacial score (nSPS) is 16.2. The summed E-state index contributed by atoms with van der Waals surface area (Å²) in [4.78, 5) is 28.6. The highest BCUT2D eigenvalue weighted by Crippen LogP contribution is 2.31. The topological polar surface area (TPSA) is 92.3 Å². The number of anilines is 2. The maximum Gasteiger partial charge on any atom is 0.231 e. The van der Waals surface area contributed by atoms with E-state index in [2.05, 4.69) is 54.9 Å². The van der Waals surface area contributed by atoms with E-state index in [-0.39, 0.29) is 17.5 Å². The molecule has 40 heavy (non-hydrogen) atoms. The number of halogens is 1. The third kappa shape index (κ3) is 10.2. The second-order valence-electron chi connectivity index (χ2n) is 10.6. The SMILES string of the molecule is C=c1cc(OCCOC)cc(F)/c1=C(/N=C\C)Nc1ccc(NC(=O)CC=O)cc1.CN1CCCC1C(C)(C)C. The summed E-state index contributed by atoms with van der Waals surface area (Å²) in [6, 6.07) is 10.4. The van der Waals surface area contributed by atoms with Gasteiger partial charge in [-0.15, -0.1) is 0 Å². The summed E-state index contributed by atoms with van der Waals surface area (Å²) >= 11 is 0. The summed E-state index contributed by atoms with van der Waals surface area (Å²) in [5.41, 5.74) is 1.64. The number of carbonyl (C=O) groups excluding carboxylic acids is 2. The lowest BCUT2D eigenvalue weighted by Gasteiger charge is -2.32. The van der Waals surface area contributed by atoms with Crippen LogP contribution in [0.3, 0.4) is 0 Å². The molecule has 218 valence electrons. The van der Waals surface area contributed by atoms with Crippen LogP contribution < -0.4 is 25.8 Å². The molecule has 2 N–H and O–H groups in total. The molecule has 0 aromatic heterocycles. The van der Waals surface area contributed by atoms with Crippen molar-refractivity contribution in [3.05, 3.63) is 52.7 Å². The molecule has 8 nitrogen and oxygen atoms in total. The first kappa shape index (κ1) is 32.7. The summed E-state index contributed by atoms with van der Waals surface area (Å²) in [7, 11) is 3.80. The average molecular weight is 555 g/mol. The molecule has 0 radical (unpaired) electrons. The Bertz CT molecular complexity index is 1260. The highest BCUT2D eigenvalue weighted by atomic mass is 19.1. The van der Waals surface area contributed by atoms with Crippen molar-refractivity contribution in [2.75, 3.05) is 44.5 Å². The number of aliphatic imine (C=N–C) groups is 1. The molecule has 1 saturated heterocycles. The smallest absolute Gasteiger partial charge is 0.231 e. The van der Waals surface area contributed by atoms with E-state index in [0.29, 0.717) is 47.3 Å². The Morgan fingerprint density at radius 2 is 1.82 bits per heavy atom. The van der Waals surface area contributed by atoms with Gasteiger partial charge in [-0.25, -0.2) is 9.38 Å². The highest BCUT2D eigenvalue weighted by Gasteiger charge is 2.31. The number of nitrogens with zero attached hydrogens (tertiary/aromatic N) is 2. The Hall–Kier alpha value is -3.56. The summed E-state index contributed by atoms with van der Waals surface area (Å²) in [5, 5.41) is 6.29. The number of methoxy groups -OCH3 is 1. The van der Waals surface area contributed by atoms with Gasteiger partial charge < -0.3 is 29.8 Å². The van der Waals surface area contributed by atoms with Crippen molar-refractivity contribution >= 4 is 42.2 Å². The van der Waals surface area contributed by atoms with E-state index in [1.165, 1.54) is 31.7 Å². The fourth-order valence-electron chi connectivity index (χ4n) is 4.58. The Kier molecular flexibility index (Phi) is 13.0. The minimum atomic E-state index is -0.527. The number of hydrogen-bond acceptors (Lipinski definition) is 7. The van der Waals surface area contributed by atoms with Crippen LogP contribution in [0, 0.1) is 11.2 Å². The van der Waals surface area contributed by atoms with Crippen molar-refractivity contribution < 1.29 is 23.5 Å². The van der Waals surface area contributed by atoms with Crippen LogP contribution in [0.2, 0.25) is 0 Å². The van der Waals surface area contributed by atoms with E-state index in [1.807, 2.05) is 0 Å². The summed E-state index contributed by atoms with van der Waals surface area (Å²) in [5.74, 6) is -0.291. The molecule has 3 rings (SSSR count). The maximum absolute atomic E-state index is 14.8. The lowest BCUT2D eigenvalue weighted by Crippen LogP contribution is -2.36. The van der Waals surface area contributed by atoms with Gasteiger partial charge in [-0.1, -0.05) is 27.4 Å². The minimum Gasteiger partial charge on any atom is -0.491 e. The lowest BCUT2D eigenvalue weighted by atomic mass is 9.85. The Balaban J connectivity index is 0.000000469. The Morgan fingerprint density at radius 3 is 2.30 bits per heavy atom. The van der Waals surface area contributed by atoms with Gasteiger partial charge in [-0.2, -0.15) is 0 Å². The lowest BCUT2D eigenvalue weighted by molar-refractivity contribution is -0.119. The molecular weight excluding hydrogens is 511 g/mol. The molecule has 9 heteroatoms. The second-order valence-corrected chi connectivity index (χ2v) is 10.6. The van der Waals surface area contributed by atoms with Crippen LogP contribution in [0.1, 0.15) is 47.0 Å². The van der Waals surface area contributed by atoms with Gasteiger partial charge in [0.25, 0.3) is 0 Å². The van der Waals surface area contributed by atoms with Crippen molar-refractivity contribution in [3.8, 4) is 5.75 Å². The van der Waals surface area contributed by atoms with Gasteiger partial charge in [0.1, 0.15) is 30.3 Å². The van der Waals surface area contributed by atoms with Crippen molar-refractivity contribution in [3.63, 3.8) is 0 Å². The number of rotatable bonds is 10. The fourth-order valence-corrected chi connectivity index (χ4v) is 4.58.